The summed E-state index contributed by atoms with van der Waals surface area (Å²) in [6.45, 7) is 1.11. The summed E-state index contributed by atoms with van der Waals surface area (Å²) in [6, 6.07) is 13.4. The van der Waals surface area contributed by atoms with E-state index in [9.17, 15) is 14.0 Å². The summed E-state index contributed by atoms with van der Waals surface area (Å²) in [5.74, 6) is -1.62. The number of fused-ring (bicyclic) bond motifs is 1. The molecule has 1 amide bonds. The van der Waals surface area contributed by atoms with E-state index in [0.717, 1.165) is 17.7 Å². The van der Waals surface area contributed by atoms with Crippen LogP contribution in [-0.2, 0) is 20.7 Å². The SMILES string of the molecule is CC1Cc2ccccc2N1C(=O)COC(=O)COc1ccccc1F. The molecule has 1 heterocycles. The fourth-order valence-electron chi connectivity index (χ4n) is 2.90. The Labute approximate surface area is 145 Å². The Morgan fingerprint density at radius 1 is 1.12 bits per heavy atom. The summed E-state index contributed by atoms with van der Waals surface area (Å²) in [5, 5.41) is 0. The summed E-state index contributed by atoms with van der Waals surface area (Å²) >= 11 is 0. The Bertz CT molecular complexity index is 792. The molecular formula is C19H18FNO4. The number of anilines is 1. The molecule has 0 fully saturated rings. The van der Waals surface area contributed by atoms with Crippen LogP contribution in [0.2, 0.25) is 0 Å². The lowest BCUT2D eigenvalue weighted by Gasteiger charge is -2.22. The molecule has 3 rings (SSSR count). The fourth-order valence-corrected chi connectivity index (χ4v) is 2.90. The largest absolute Gasteiger partial charge is 0.479 e. The average molecular weight is 343 g/mol. The van der Waals surface area contributed by atoms with Crippen molar-refractivity contribution in [3.05, 3.63) is 59.9 Å². The first-order valence-corrected chi connectivity index (χ1v) is 7.99. The van der Waals surface area contributed by atoms with E-state index in [0.29, 0.717) is 0 Å². The van der Waals surface area contributed by atoms with Gasteiger partial charge in [-0.05, 0) is 37.1 Å². The van der Waals surface area contributed by atoms with Crippen LogP contribution in [0.1, 0.15) is 12.5 Å². The van der Waals surface area contributed by atoms with Crippen molar-refractivity contribution in [2.75, 3.05) is 18.1 Å². The standard InChI is InChI=1S/C19H18FNO4/c1-13-10-14-6-2-4-8-16(14)21(13)18(22)11-25-19(23)12-24-17-9-5-3-7-15(17)20/h2-9,13H,10-12H2,1H3. The Hall–Kier alpha value is -2.89. The maximum atomic E-state index is 13.4. The molecule has 0 aliphatic carbocycles. The fraction of sp³-hybridized carbons (Fsp3) is 0.263. The van der Waals surface area contributed by atoms with E-state index in [2.05, 4.69) is 0 Å². The molecule has 0 saturated carbocycles. The zero-order chi connectivity index (χ0) is 17.8. The molecular weight excluding hydrogens is 325 g/mol. The second-order valence-corrected chi connectivity index (χ2v) is 5.83. The predicted octanol–water partition coefficient (Wildman–Crippen LogP) is 2.73. The molecule has 0 radical (unpaired) electrons. The number of benzene rings is 2. The first kappa shape index (κ1) is 17.0. The number of carbonyl (C=O) groups is 2. The molecule has 1 aliphatic rings. The van der Waals surface area contributed by atoms with Crippen LogP contribution in [0.25, 0.3) is 0 Å². The minimum atomic E-state index is -0.725. The third-order valence-electron chi connectivity index (χ3n) is 4.01. The molecule has 0 aromatic heterocycles. The number of rotatable bonds is 5. The van der Waals surface area contributed by atoms with Gasteiger partial charge >= 0.3 is 5.97 Å². The van der Waals surface area contributed by atoms with Gasteiger partial charge < -0.3 is 14.4 Å². The first-order valence-electron chi connectivity index (χ1n) is 7.99. The number of para-hydroxylation sites is 2. The number of carbonyl (C=O) groups excluding carboxylic acids is 2. The molecule has 130 valence electrons. The Kier molecular flexibility index (Phi) is 4.97. The molecule has 25 heavy (non-hydrogen) atoms. The molecule has 2 aromatic carbocycles. The third kappa shape index (κ3) is 3.79. The Morgan fingerprint density at radius 2 is 1.84 bits per heavy atom. The highest BCUT2D eigenvalue weighted by atomic mass is 19.1. The number of ether oxygens (including phenoxy) is 2. The third-order valence-corrected chi connectivity index (χ3v) is 4.01. The van der Waals surface area contributed by atoms with Crippen LogP contribution in [0.3, 0.4) is 0 Å². The van der Waals surface area contributed by atoms with Gasteiger partial charge in [-0.25, -0.2) is 9.18 Å². The number of halogens is 1. The lowest BCUT2D eigenvalue weighted by Crippen LogP contribution is -2.39. The van der Waals surface area contributed by atoms with Crippen molar-refractivity contribution in [2.45, 2.75) is 19.4 Å². The van der Waals surface area contributed by atoms with Gasteiger partial charge in [0.15, 0.2) is 24.8 Å². The van der Waals surface area contributed by atoms with Crippen molar-refractivity contribution in [3.63, 3.8) is 0 Å². The van der Waals surface area contributed by atoms with Crippen molar-refractivity contribution >= 4 is 17.6 Å². The molecule has 0 bridgehead atoms. The zero-order valence-electron chi connectivity index (χ0n) is 13.8. The van der Waals surface area contributed by atoms with Gasteiger partial charge in [0.2, 0.25) is 0 Å². The topological polar surface area (TPSA) is 55.8 Å². The van der Waals surface area contributed by atoms with Crippen molar-refractivity contribution in [3.8, 4) is 5.75 Å². The Balaban J connectivity index is 1.52. The van der Waals surface area contributed by atoms with E-state index in [1.807, 2.05) is 31.2 Å². The number of amides is 1. The predicted molar refractivity (Wildman–Crippen MR) is 89.9 cm³/mol. The van der Waals surface area contributed by atoms with Crippen LogP contribution in [0.4, 0.5) is 10.1 Å². The minimum Gasteiger partial charge on any atom is -0.479 e. The van der Waals surface area contributed by atoms with Crippen LogP contribution in [0.15, 0.2) is 48.5 Å². The van der Waals surface area contributed by atoms with Gasteiger partial charge in [0.1, 0.15) is 0 Å². The molecule has 2 aromatic rings. The monoisotopic (exact) mass is 343 g/mol. The van der Waals surface area contributed by atoms with Crippen molar-refractivity contribution < 1.29 is 23.5 Å². The summed E-state index contributed by atoms with van der Waals surface area (Å²) in [6.07, 6.45) is 0.770. The molecule has 0 N–H and O–H groups in total. The van der Waals surface area contributed by atoms with Gasteiger partial charge in [-0.3, -0.25) is 4.79 Å². The van der Waals surface area contributed by atoms with Gasteiger partial charge in [-0.2, -0.15) is 0 Å². The van der Waals surface area contributed by atoms with Gasteiger partial charge in [0.25, 0.3) is 5.91 Å². The first-order chi connectivity index (χ1) is 12.1. The second-order valence-electron chi connectivity index (χ2n) is 5.83. The van der Waals surface area contributed by atoms with Gasteiger partial charge in [0.05, 0.1) is 0 Å². The molecule has 0 spiro atoms. The number of nitrogens with zero attached hydrogens (tertiary/aromatic N) is 1. The second kappa shape index (κ2) is 7.34. The van der Waals surface area contributed by atoms with Crippen LogP contribution < -0.4 is 9.64 Å². The summed E-state index contributed by atoms with van der Waals surface area (Å²) in [4.78, 5) is 25.8. The van der Waals surface area contributed by atoms with Gasteiger partial charge in [-0.1, -0.05) is 30.3 Å². The number of hydrogen-bond donors (Lipinski definition) is 0. The van der Waals surface area contributed by atoms with Crippen molar-refractivity contribution in [1.82, 2.24) is 0 Å². The van der Waals surface area contributed by atoms with Crippen LogP contribution in [-0.4, -0.2) is 31.1 Å². The molecule has 6 heteroatoms. The van der Waals surface area contributed by atoms with E-state index >= 15 is 0 Å². The zero-order valence-corrected chi connectivity index (χ0v) is 13.8. The van der Waals surface area contributed by atoms with Crippen LogP contribution in [0.5, 0.6) is 5.75 Å². The highest BCUT2D eigenvalue weighted by Crippen LogP contribution is 2.31. The van der Waals surface area contributed by atoms with Crippen molar-refractivity contribution in [2.24, 2.45) is 0 Å². The summed E-state index contributed by atoms with van der Waals surface area (Å²) < 4.78 is 23.4. The van der Waals surface area contributed by atoms with E-state index < -0.39 is 18.4 Å². The van der Waals surface area contributed by atoms with Crippen molar-refractivity contribution in [1.29, 1.82) is 0 Å². The lowest BCUT2D eigenvalue weighted by atomic mass is 10.1. The molecule has 1 aliphatic heterocycles. The maximum Gasteiger partial charge on any atom is 0.344 e. The Morgan fingerprint density at radius 3 is 2.64 bits per heavy atom. The summed E-state index contributed by atoms with van der Waals surface area (Å²) in [7, 11) is 0. The van der Waals surface area contributed by atoms with Gasteiger partial charge in [0, 0.05) is 11.7 Å². The smallest absolute Gasteiger partial charge is 0.344 e. The molecule has 5 nitrogen and oxygen atoms in total. The highest BCUT2D eigenvalue weighted by Gasteiger charge is 2.30. The lowest BCUT2D eigenvalue weighted by molar-refractivity contribution is -0.149. The molecule has 0 saturated heterocycles. The summed E-state index contributed by atoms with van der Waals surface area (Å²) in [5.41, 5.74) is 1.94. The van der Waals surface area contributed by atoms with E-state index in [1.165, 1.54) is 18.2 Å². The number of hydrogen-bond acceptors (Lipinski definition) is 4. The van der Waals surface area contributed by atoms with Crippen LogP contribution >= 0.6 is 0 Å². The highest BCUT2D eigenvalue weighted by molar-refractivity contribution is 5.97. The number of esters is 1. The van der Waals surface area contributed by atoms with E-state index in [-0.39, 0.29) is 24.3 Å². The quantitative estimate of drug-likeness (QED) is 0.784. The minimum absolute atomic E-state index is 0.0123. The molecule has 1 atom stereocenters. The van der Waals surface area contributed by atoms with Gasteiger partial charge in [-0.15, -0.1) is 0 Å². The van der Waals surface area contributed by atoms with E-state index in [1.54, 1.807) is 11.0 Å². The van der Waals surface area contributed by atoms with E-state index in [4.69, 9.17) is 9.47 Å². The van der Waals surface area contributed by atoms with Crippen LogP contribution in [0, 0.1) is 5.82 Å². The average Bonchev–Trinajstić information content (AvgIpc) is 2.94. The normalized spacial score (nSPS) is 15.6. The maximum absolute atomic E-state index is 13.4. The molecule has 1 unspecified atom stereocenters.